The van der Waals surface area contributed by atoms with Crippen molar-refractivity contribution in [3.63, 3.8) is 0 Å². The van der Waals surface area contributed by atoms with Gasteiger partial charge >= 0.3 is 5.97 Å². The van der Waals surface area contributed by atoms with Gasteiger partial charge in [0.25, 0.3) is 0 Å². The van der Waals surface area contributed by atoms with E-state index in [1.165, 1.54) is 6.42 Å². The summed E-state index contributed by atoms with van der Waals surface area (Å²) in [5.74, 6) is -0.547. The highest BCUT2D eigenvalue weighted by Crippen LogP contribution is 2.41. The smallest absolute Gasteiger partial charge is 0.343 e. The Morgan fingerprint density at radius 1 is 1.16 bits per heavy atom. The number of hydrogen-bond donors (Lipinski definition) is 1. The molecule has 174 valence electrons. The van der Waals surface area contributed by atoms with E-state index < -0.39 is 11.6 Å². The first-order chi connectivity index (χ1) is 15.5. The van der Waals surface area contributed by atoms with Crippen LogP contribution in [0.5, 0.6) is 0 Å². The third kappa shape index (κ3) is 5.24. The quantitative estimate of drug-likeness (QED) is 0.490. The largest absolute Gasteiger partial charge is 0.454 e. The molecule has 1 saturated heterocycles. The van der Waals surface area contributed by atoms with Gasteiger partial charge in [-0.3, -0.25) is 0 Å². The SMILES string of the molecule is C[N+]1(CCCc2ccon2)CCC[C@@H](OC(=O)C(O)(c2ccccc2)C2CCCCC2)C1. The second kappa shape index (κ2) is 10.2. The minimum atomic E-state index is -1.56. The average molecular weight is 442 g/mol. The lowest BCUT2D eigenvalue weighted by Crippen LogP contribution is -2.55. The number of aromatic nitrogens is 1. The van der Waals surface area contributed by atoms with Crippen LogP contribution in [0.1, 0.15) is 62.6 Å². The normalized spacial score (nSPS) is 26.4. The van der Waals surface area contributed by atoms with E-state index in [0.717, 1.165) is 81.2 Å². The molecular formula is C26H37N2O4+. The number of likely N-dealkylation sites (tertiary alicyclic amines) is 1. The summed E-state index contributed by atoms with van der Waals surface area (Å²) in [6.07, 6.45) is 10.2. The van der Waals surface area contributed by atoms with Gasteiger partial charge in [0, 0.05) is 24.8 Å². The fourth-order valence-corrected chi connectivity index (χ4v) is 5.66. The summed E-state index contributed by atoms with van der Waals surface area (Å²) in [5, 5.41) is 15.8. The lowest BCUT2D eigenvalue weighted by molar-refractivity contribution is -0.917. The van der Waals surface area contributed by atoms with Crippen molar-refractivity contribution in [2.45, 2.75) is 69.5 Å². The first kappa shape index (κ1) is 23.0. The summed E-state index contributed by atoms with van der Waals surface area (Å²) in [4.78, 5) is 13.5. The maximum Gasteiger partial charge on any atom is 0.343 e. The molecule has 2 fully saturated rings. The summed E-state index contributed by atoms with van der Waals surface area (Å²) >= 11 is 0. The van der Waals surface area contributed by atoms with Gasteiger partial charge in [0.2, 0.25) is 0 Å². The maximum atomic E-state index is 13.5. The Bertz CT molecular complexity index is 850. The molecule has 32 heavy (non-hydrogen) atoms. The van der Waals surface area contributed by atoms with E-state index in [4.69, 9.17) is 9.26 Å². The molecule has 6 heteroatoms. The number of hydrogen-bond acceptors (Lipinski definition) is 5. The lowest BCUT2D eigenvalue weighted by atomic mass is 9.73. The monoisotopic (exact) mass is 441 g/mol. The van der Waals surface area contributed by atoms with Crippen LogP contribution in [0.15, 0.2) is 47.2 Å². The molecule has 1 aromatic heterocycles. The number of carbonyl (C=O) groups is 1. The zero-order valence-electron chi connectivity index (χ0n) is 19.2. The molecule has 1 aliphatic carbocycles. The molecule has 2 unspecified atom stereocenters. The van der Waals surface area contributed by atoms with Crippen molar-refractivity contribution in [3.8, 4) is 0 Å². The standard InChI is InChI=1S/C26H37N2O4/c1-28(17-8-14-23-16-19-31-27-23)18-9-15-24(20-28)32-25(29)26(30,21-10-4-2-5-11-21)22-12-6-3-7-13-22/h2,4-5,10-11,16,19,22,24,30H,3,6-9,12-15,17-18,20H2,1H3/q+1/t24-,26?,28?/m1/s1. The molecule has 2 heterocycles. The Balaban J connectivity index is 1.42. The van der Waals surface area contributed by atoms with Gasteiger partial charge in [-0.15, -0.1) is 0 Å². The third-order valence-corrected chi connectivity index (χ3v) is 7.49. The van der Waals surface area contributed by atoms with E-state index in [2.05, 4.69) is 12.2 Å². The Morgan fingerprint density at radius 2 is 1.94 bits per heavy atom. The molecule has 1 aliphatic heterocycles. The van der Waals surface area contributed by atoms with Crippen molar-refractivity contribution >= 4 is 5.97 Å². The average Bonchev–Trinajstić information content (AvgIpc) is 3.33. The number of aliphatic hydroxyl groups is 1. The predicted octanol–water partition coefficient (Wildman–Crippen LogP) is 4.23. The molecule has 4 rings (SSSR count). The Labute approximate surface area is 191 Å². The zero-order valence-corrected chi connectivity index (χ0v) is 19.2. The van der Waals surface area contributed by atoms with Gasteiger partial charge < -0.3 is 18.8 Å². The van der Waals surface area contributed by atoms with Gasteiger partial charge in [0.05, 0.1) is 25.8 Å². The minimum absolute atomic E-state index is 0.0851. The lowest BCUT2D eigenvalue weighted by Gasteiger charge is -2.42. The van der Waals surface area contributed by atoms with Crippen LogP contribution in [0.4, 0.5) is 0 Å². The van der Waals surface area contributed by atoms with Crippen molar-refractivity contribution in [2.24, 2.45) is 5.92 Å². The summed E-state index contributed by atoms with van der Waals surface area (Å²) in [6, 6.07) is 11.3. The molecule has 2 aliphatic rings. The highest BCUT2D eigenvalue weighted by atomic mass is 16.6. The van der Waals surface area contributed by atoms with Crippen molar-refractivity contribution < 1.29 is 23.6 Å². The van der Waals surface area contributed by atoms with Crippen LogP contribution in [0.2, 0.25) is 0 Å². The molecule has 0 amide bonds. The van der Waals surface area contributed by atoms with Crippen LogP contribution in [-0.2, 0) is 21.6 Å². The second-order valence-corrected chi connectivity index (χ2v) is 9.98. The topological polar surface area (TPSA) is 72.6 Å². The summed E-state index contributed by atoms with van der Waals surface area (Å²) in [5.41, 5.74) is 0.0877. The molecule has 0 radical (unpaired) electrons. The number of likely N-dealkylation sites (N-methyl/N-ethyl adjacent to an activating group) is 1. The minimum Gasteiger partial charge on any atom is -0.454 e. The van der Waals surface area contributed by atoms with Gasteiger partial charge in [-0.25, -0.2) is 4.79 Å². The molecule has 1 saturated carbocycles. The molecule has 1 aromatic carbocycles. The van der Waals surface area contributed by atoms with Crippen molar-refractivity contribution in [1.82, 2.24) is 5.16 Å². The molecule has 1 N–H and O–H groups in total. The van der Waals surface area contributed by atoms with Crippen LogP contribution < -0.4 is 0 Å². The van der Waals surface area contributed by atoms with Crippen LogP contribution in [0.3, 0.4) is 0 Å². The van der Waals surface area contributed by atoms with Crippen molar-refractivity contribution in [2.75, 3.05) is 26.7 Å². The van der Waals surface area contributed by atoms with Crippen LogP contribution >= 0.6 is 0 Å². The van der Waals surface area contributed by atoms with E-state index in [0.29, 0.717) is 5.56 Å². The summed E-state index contributed by atoms with van der Waals surface area (Å²) < 4.78 is 11.9. The number of carbonyl (C=O) groups excluding carboxylic acids is 1. The fraction of sp³-hybridized carbons (Fsp3) is 0.615. The fourth-order valence-electron chi connectivity index (χ4n) is 5.66. The van der Waals surface area contributed by atoms with Crippen LogP contribution in [0, 0.1) is 5.92 Å². The number of rotatable bonds is 8. The molecule has 3 atom stereocenters. The molecular weight excluding hydrogens is 404 g/mol. The maximum absolute atomic E-state index is 13.5. The predicted molar refractivity (Wildman–Crippen MR) is 122 cm³/mol. The summed E-state index contributed by atoms with van der Waals surface area (Å²) in [6.45, 7) is 2.88. The van der Waals surface area contributed by atoms with E-state index in [-0.39, 0.29) is 12.0 Å². The first-order valence-corrected chi connectivity index (χ1v) is 12.2. The molecule has 2 aromatic rings. The Hall–Kier alpha value is -2.18. The summed E-state index contributed by atoms with van der Waals surface area (Å²) in [7, 11) is 2.24. The third-order valence-electron chi connectivity index (χ3n) is 7.49. The number of piperidine rings is 1. The van der Waals surface area contributed by atoms with Gasteiger partial charge in [-0.1, -0.05) is 54.8 Å². The highest BCUT2D eigenvalue weighted by molar-refractivity contribution is 5.81. The number of nitrogens with zero attached hydrogens (tertiary/aromatic N) is 2. The van der Waals surface area contributed by atoms with Gasteiger partial charge in [-0.05, 0) is 31.2 Å². The van der Waals surface area contributed by atoms with Crippen LogP contribution in [-0.4, -0.2) is 53.5 Å². The van der Waals surface area contributed by atoms with Gasteiger partial charge in [-0.2, -0.15) is 0 Å². The molecule has 6 nitrogen and oxygen atoms in total. The number of benzene rings is 1. The Kier molecular flexibility index (Phi) is 7.31. The number of quaternary nitrogens is 1. The van der Waals surface area contributed by atoms with E-state index in [1.807, 2.05) is 36.4 Å². The molecule has 0 spiro atoms. The zero-order chi connectivity index (χ0) is 22.4. The number of esters is 1. The number of ether oxygens (including phenoxy) is 1. The van der Waals surface area contributed by atoms with Crippen molar-refractivity contribution in [1.29, 1.82) is 0 Å². The number of aryl methyl sites for hydroxylation is 1. The second-order valence-electron chi connectivity index (χ2n) is 9.98. The molecule has 0 bridgehead atoms. The van der Waals surface area contributed by atoms with Crippen molar-refractivity contribution in [3.05, 3.63) is 53.9 Å². The van der Waals surface area contributed by atoms with E-state index >= 15 is 0 Å². The highest BCUT2D eigenvalue weighted by Gasteiger charge is 2.48. The first-order valence-electron chi connectivity index (χ1n) is 12.2. The van der Waals surface area contributed by atoms with Gasteiger partial charge in [0.1, 0.15) is 12.8 Å². The van der Waals surface area contributed by atoms with Crippen LogP contribution in [0.25, 0.3) is 0 Å². The Morgan fingerprint density at radius 3 is 2.66 bits per heavy atom. The van der Waals surface area contributed by atoms with E-state index in [1.54, 1.807) is 6.26 Å². The van der Waals surface area contributed by atoms with Gasteiger partial charge in [0.15, 0.2) is 11.7 Å². The van der Waals surface area contributed by atoms with E-state index in [9.17, 15) is 9.90 Å².